The molecule has 3 aromatic rings. The highest BCUT2D eigenvalue weighted by molar-refractivity contribution is 6.30. The Morgan fingerprint density at radius 3 is 2.57 bits per heavy atom. The highest BCUT2D eigenvalue weighted by atomic mass is 35.5. The van der Waals surface area contributed by atoms with Crippen molar-refractivity contribution in [3.63, 3.8) is 0 Å². The molecule has 1 atom stereocenters. The van der Waals surface area contributed by atoms with Gasteiger partial charge in [0.2, 0.25) is 0 Å². The molecule has 0 fully saturated rings. The smallest absolute Gasteiger partial charge is 0.123 e. The average Bonchev–Trinajstić information content (AvgIpc) is 3.02. The van der Waals surface area contributed by atoms with Crippen LogP contribution in [0.15, 0.2) is 61.2 Å². The van der Waals surface area contributed by atoms with Crippen LogP contribution in [0.3, 0.4) is 0 Å². The summed E-state index contributed by atoms with van der Waals surface area (Å²) in [7, 11) is 0. The lowest BCUT2D eigenvalue weighted by atomic mass is 10.1. The first-order chi connectivity index (χ1) is 10.2. The van der Waals surface area contributed by atoms with Crippen molar-refractivity contribution in [3.8, 4) is 5.69 Å². The summed E-state index contributed by atoms with van der Waals surface area (Å²) in [6.07, 6.45) is 3.36. The van der Waals surface area contributed by atoms with Crippen LogP contribution in [-0.4, -0.2) is 14.8 Å². The van der Waals surface area contributed by atoms with E-state index in [0.717, 1.165) is 22.0 Å². The third-order valence-corrected chi connectivity index (χ3v) is 3.53. The second-order valence-corrected chi connectivity index (χ2v) is 5.28. The molecule has 0 spiro atoms. The van der Waals surface area contributed by atoms with Crippen LogP contribution < -0.4 is 5.32 Å². The van der Waals surface area contributed by atoms with Crippen molar-refractivity contribution in [2.45, 2.75) is 13.0 Å². The Bertz CT molecular complexity index is 725. The zero-order valence-electron chi connectivity index (χ0n) is 11.6. The monoisotopic (exact) mass is 298 g/mol. The topological polar surface area (TPSA) is 42.7 Å². The molecule has 3 rings (SSSR count). The third kappa shape index (κ3) is 3.23. The van der Waals surface area contributed by atoms with Gasteiger partial charge in [-0.25, -0.2) is 0 Å². The zero-order valence-corrected chi connectivity index (χ0v) is 12.3. The van der Waals surface area contributed by atoms with Gasteiger partial charge in [0.15, 0.2) is 0 Å². The normalized spacial score (nSPS) is 12.1. The molecule has 21 heavy (non-hydrogen) atoms. The molecule has 1 unspecified atom stereocenters. The lowest BCUT2D eigenvalue weighted by Gasteiger charge is -2.16. The highest BCUT2D eigenvalue weighted by Gasteiger charge is 2.06. The summed E-state index contributed by atoms with van der Waals surface area (Å²) in [6.45, 7) is 2.11. The molecule has 0 saturated heterocycles. The minimum atomic E-state index is 0.167. The molecule has 2 aromatic carbocycles. The SMILES string of the molecule is CC(Nc1cccc(-n2cnnc2)c1)c1cccc(Cl)c1. The van der Waals surface area contributed by atoms with Gasteiger partial charge in [0, 0.05) is 16.8 Å². The molecule has 0 aliphatic carbocycles. The van der Waals surface area contributed by atoms with E-state index in [1.54, 1.807) is 12.7 Å². The van der Waals surface area contributed by atoms with E-state index in [1.165, 1.54) is 0 Å². The first kappa shape index (κ1) is 13.6. The maximum absolute atomic E-state index is 6.04. The van der Waals surface area contributed by atoms with Crippen molar-refractivity contribution >= 4 is 17.3 Å². The van der Waals surface area contributed by atoms with E-state index in [2.05, 4.69) is 34.6 Å². The van der Waals surface area contributed by atoms with E-state index in [1.807, 2.05) is 41.0 Å². The molecular formula is C16H15ClN4. The van der Waals surface area contributed by atoms with E-state index in [9.17, 15) is 0 Å². The van der Waals surface area contributed by atoms with Crippen molar-refractivity contribution in [1.82, 2.24) is 14.8 Å². The van der Waals surface area contributed by atoms with Crippen LogP contribution >= 0.6 is 11.6 Å². The van der Waals surface area contributed by atoms with Crippen LogP contribution in [0.25, 0.3) is 5.69 Å². The van der Waals surface area contributed by atoms with Gasteiger partial charge in [-0.1, -0.05) is 29.8 Å². The molecule has 106 valence electrons. The van der Waals surface area contributed by atoms with Crippen LogP contribution in [0.1, 0.15) is 18.5 Å². The molecule has 1 aromatic heterocycles. The highest BCUT2D eigenvalue weighted by Crippen LogP contribution is 2.23. The van der Waals surface area contributed by atoms with Crippen molar-refractivity contribution in [2.24, 2.45) is 0 Å². The molecule has 4 nitrogen and oxygen atoms in total. The number of hydrogen-bond acceptors (Lipinski definition) is 3. The number of benzene rings is 2. The number of aromatic nitrogens is 3. The molecule has 0 radical (unpaired) electrons. The zero-order chi connectivity index (χ0) is 14.7. The Morgan fingerprint density at radius 2 is 1.81 bits per heavy atom. The van der Waals surface area contributed by atoms with Gasteiger partial charge in [0.1, 0.15) is 12.7 Å². The van der Waals surface area contributed by atoms with Crippen molar-refractivity contribution in [1.29, 1.82) is 0 Å². The molecule has 0 aliphatic rings. The van der Waals surface area contributed by atoms with Crippen molar-refractivity contribution in [2.75, 3.05) is 5.32 Å². The molecule has 1 heterocycles. The first-order valence-corrected chi connectivity index (χ1v) is 7.07. The second kappa shape index (κ2) is 5.97. The Labute approximate surface area is 128 Å². The molecule has 0 amide bonds. The molecule has 0 bridgehead atoms. The van der Waals surface area contributed by atoms with Gasteiger partial charge in [-0.15, -0.1) is 10.2 Å². The number of anilines is 1. The number of rotatable bonds is 4. The summed E-state index contributed by atoms with van der Waals surface area (Å²) >= 11 is 6.04. The second-order valence-electron chi connectivity index (χ2n) is 4.84. The van der Waals surface area contributed by atoms with Crippen molar-refractivity contribution < 1.29 is 0 Å². The van der Waals surface area contributed by atoms with Gasteiger partial charge in [-0.2, -0.15) is 0 Å². The summed E-state index contributed by atoms with van der Waals surface area (Å²) in [5.41, 5.74) is 3.20. The van der Waals surface area contributed by atoms with E-state index < -0.39 is 0 Å². The van der Waals surface area contributed by atoms with Crippen LogP contribution in [0.2, 0.25) is 5.02 Å². The summed E-state index contributed by atoms with van der Waals surface area (Å²) in [5.74, 6) is 0. The molecular weight excluding hydrogens is 284 g/mol. The first-order valence-electron chi connectivity index (χ1n) is 6.69. The minimum Gasteiger partial charge on any atom is -0.378 e. The Kier molecular flexibility index (Phi) is 3.88. The largest absolute Gasteiger partial charge is 0.378 e. The maximum Gasteiger partial charge on any atom is 0.123 e. The van der Waals surface area contributed by atoms with Gasteiger partial charge in [0.25, 0.3) is 0 Å². The van der Waals surface area contributed by atoms with Gasteiger partial charge >= 0.3 is 0 Å². The van der Waals surface area contributed by atoms with Gasteiger partial charge < -0.3 is 5.32 Å². The lowest BCUT2D eigenvalue weighted by Crippen LogP contribution is -2.06. The summed E-state index contributed by atoms with van der Waals surface area (Å²) in [6, 6.07) is 16.2. The van der Waals surface area contributed by atoms with Gasteiger partial charge in [-0.3, -0.25) is 4.57 Å². The predicted octanol–water partition coefficient (Wildman–Crippen LogP) is 4.09. The van der Waals surface area contributed by atoms with Crippen LogP contribution in [0, 0.1) is 0 Å². The Balaban J connectivity index is 1.80. The minimum absolute atomic E-state index is 0.167. The van der Waals surface area contributed by atoms with Crippen LogP contribution in [0.4, 0.5) is 5.69 Å². The van der Waals surface area contributed by atoms with E-state index in [4.69, 9.17) is 11.6 Å². The van der Waals surface area contributed by atoms with Crippen LogP contribution in [-0.2, 0) is 0 Å². The molecule has 0 saturated carbocycles. The fraction of sp³-hybridized carbons (Fsp3) is 0.125. The van der Waals surface area contributed by atoms with Crippen LogP contribution in [0.5, 0.6) is 0 Å². The Morgan fingerprint density at radius 1 is 1.05 bits per heavy atom. The lowest BCUT2D eigenvalue weighted by molar-refractivity contribution is 0.884. The van der Waals surface area contributed by atoms with Gasteiger partial charge in [-0.05, 0) is 42.8 Å². The van der Waals surface area contributed by atoms with Gasteiger partial charge in [0.05, 0.1) is 5.69 Å². The number of hydrogen-bond donors (Lipinski definition) is 1. The molecule has 5 heteroatoms. The van der Waals surface area contributed by atoms with E-state index in [-0.39, 0.29) is 6.04 Å². The van der Waals surface area contributed by atoms with E-state index in [0.29, 0.717) is 0 Å². The molecule has 0 aliphatic heterocycles. The summed E-state index contributed by atoms with van der Waals surface area (Å²) in [4.78, 5) is 0. The molecule has 1 N–H and O–H groups in total. The quantitative estimate of drug-likeness (QED) is 0.789. The number of nitrogens with zero attached hydrogens (tertiary/aromatic N) is 3. The maximum atomic E-state index is 6.04. The number of halogens is 1. The standard InChI is InChI=1S/C16H15ClN4/c1-12(13-4-2-5-14(17)8-13)20-15-6-3-7-16(9-15)21-10-18-19-11-21/h2-12,20H,1H3. The van der Waals surface area contributed by atoms with E-state index >= 15 is 0 Å². The number of nitrogens with one attached hydrogen (secondary N) is 1. The fourth-order valence-corrected chi connectivity index (χ4v) is 2.40. The third-order valence-electron chi connectivity index (χ3n) is 3.29. The fourth-order valence-electron chi connectivity index (χ4n) is 2.20. The average molecular weight is 299 g/mol. The Hall–Kier alpha value is -2.33. The summed E-state index contributed by atoms with van der Waals surface area (Å²) < 4.78 is 1.87. The summed E-state index contributed by atoms with van der Waals surface area (Å²) in [5, 5.41) is 11.9. The van der Waals surface area contributed by atoms with Crippen molar-refractivity contribution in [3.05, 3.63) is 71.8 Å². The predicted molar refractivity (Wildman–Crippen MR) is 84.8 cm³/mol.